The fraction of sp³-hybridized carbons (Fsp3) is 0.258. The number of fused-ring (bicyclic) bond motifs is 1. The molecule has 0 spiro atoms. The predicted octanol–water partition coefficient (Wildman–Crippen LogP) is 6.48. The number of aromatic nitrogens is 5. The first-order chi connectivity index (χ1) is 19.9. The molecule has 0 aliphatic heterocycles. The maximum absolute atomic E-state index is 14.0. The van der Waals surface area contributed by atoms with Gasteiger partial charge in [-0.3, -0.25) is 14.0 Å². The molecular weight excluding hydrogens is 535 g/mol. The Kier molecular flexibility index (Phi) is 7.51. The van der Waals surface area contributed by atoms with Gasteiger partial charge in [-0.2, -0.15) is 10.1 Å². The summed E-state index contributed by atoms with van der Waals surface area (Å²) in [4.78, 5) is 35.6. The summed E-state index contributed by atoms with van der Waals surface area (Å²) < 4.78 is 17.4. The molecule has 2 aromatic carbocycles. The zero-order chi connectivity index (χ0) is 30.2. The fourth-order valence-corrected chi connectivity index (χ4v) is 4.63. The molecule has 0 aliphatic carbocycles. The van der Waals surface area contributed by atoms with E-state index in [2.05, 4.69) is 31.0 Å². The molecule has 3 heterocycles. The molecule has 3 aromatic heterocycles. The van der Waals surface area contributed by atoms with E-state index in [1.807, 2.05) is 40.7 Å². The lowest BCUT2D eigenvalue weighted by Gasteiger charge is -2.18. The first kappa shape index (κ1) is 28.5. The van der Waals surface area contributed by atoms with Gasteiger partial charge in [-0.25, -0.2) is 14.2 Å². The van der Waals surface area contributed by atoms with Gasteiger partial charge >= 0.3 is 6.03 Å². The fourth-order valence-electron chi connectivity index (χ4n) is 4.63. The molecule has 2 amide bonds. The van der Waals surface area contributed by atoms with Crippen LogP contribution in [0.15, 0.2) is 71.8 Å². The molecule has 42 heavy (non-hydrogen) atoms. The van der Waals surface area contributed by atoms with Crippen molar-refractivity contribution in [3.05, 3.63) is 83.2 Å². The van der Waals surface area contributed by atoms with Crippen LogP contribution >= 0.6 is 0 Å². The third-order valence-corrected chi connectivity index (χ3v) is 6.69. The third-order valence-electron chi connectivity index (χ3n) is 6.69. The summed E-state index contributed by atoms with van der Waals surface area (Å²) in [5.41, 5.74) is 2.97. The Labute approximate surface area is 242 Å². The number of amides is 2. The zero-order valence-corrected chi connectivity index (χ0v) is 24.4. The van der Waals surface area contributed by atoms with Crippen LogP contribution in [0.1, 0.15) is 40.7 Å². The standard InChI is InChI=1S/C31H33FN8O2/c1-18(2)40-27-21(16-34-29(33-6)37-27)15-24(28(40)41)19-9-8-12-23(14-19)35-30(42)36-25-17-39(31(3,4)5)38-26(25)20-10-7-11-22(32)13-20/h7-18H,1-6H3,(H,33,34,37)(H2,35,36,42). The number of anilines is 3. The Hall–Kier alpha value is -5.06. The molecular formula is C31H33FN8O2. The Balaban J connectivity index is 1.46. The average Bonchev–Trinajstić information content (AvgIpc) is 3.36. The van der Waals surface area contributed by atoms with E-state index in [9.17, 15) is 14.0 Å². The van der Waals surface area contributed by atoms with Crippen molar-refractivity contribution in [3.8, 4) is 22.4 Å². The van der Waals surface area contributed by atoms with Crippen LogP contribution in [0, 0.1) is 5.82 Å². The lowest BCUT2D eigenvalue weighted by Crippen LogP contribution is -2.25. The minimum absolute atomic E-state index is 0.145. The molecule has 0 bridgehead atoms. The second kappa shape index (κ2) is 11.1. The molecule has 11 heteroatoms. The van der Waals surface area contributed by atoms with Crippen LogP contribution < -0.4 is 21.5 Å². The molecule has 5 aromatic rings. The number of carbonyl (C=O) groups is 1. The molecule has 10 nitrogen and oxygen atoms in total. The summed E-state index contributed by atoms with van der Waals surface area (Å²) >= 11 is 0. The molecule has 216 valence electrons. The van der Waals surface area contributed by atoms with Gasteiger partial charge in [-0.1, -0.05) is 24.3 Å². The summed E-state index contributed by atoms with van der Waals surface area (Å²) in [6.45, 7) is 9.80. The molecule has 5 rings (SSSR count). The van der Waals surface area contributed by atoms with Gasteiger partial charge in [0.15, 0.2) is 0 Å². The molecule has 0 aliphatic rings. The highest BCUT2D eigenvalue weighted by atomic mass is 19.1. The van der Waals surface area contributed by atoms with Gasteiger partial charge in [0.1, 0.15) is 17.2 Å². The highest BCUT2D eigenvalue weighted by Gasteiger charge is 2.21. The number of benzene rings is 2. The second-order valence-electron chi connectivity index (χ2n) is 11.2. The van der Waals surface area contributed by atoms with Gasteiger partial charge in [0.25, 0.3) is 5.56 Å². The maximum Gasteiger partial charge on any atom is 0.323 e. The van der Waals surface area contributed by atoms with Crippen LogP contribution in [0.3, 0.4) is 0 Å². The number of halogens is 1. The normalized spacial score (nSPS) is 11.6. The highest BCUT2D eigenvalue weighted by Crippen LogP contribution is 2.30. The summed E-state index contributed by atoms with van der Waals surface area (Å²) in [6.07, 6.45) is 3.40. The van der Waals surface area contributed by atoms with Gasteiger partial charge in [0.2, 0.25) is 5.95 Å². The number of pyridine rings is 1. The molecule has 0 unspecified atom stereocenters. The minimum Gasteiger partial charge on any atom is -0.357 e. The summed E-state index contributed by atoms with van der Waals surface area (Å²) in [5, 5.41) is 14.0. The van der Waals surface area contributed by atoms with Crippen LogP contribution in [0.5, 0.6) is 0 Å². The van der Waals surface area contributed by atoms with Crippen LogP contribution in [0.25, 0.3) is 33.4 Å². The lowest BCUT2D eigenvalue weighted by atomic mass is 10.0. The van der Waals surface area contributed by atoms with Crippen LogP contribution in [-0.4, -0.2) is 37.4 Å². The van der Waals surface area contributed by atoms with Crippen molar-refractivity contribution >= 4 is 34.4 Å². The number of hydrogen-bond acceptors (Lipinski definition) is 6. The van der Waals surface area contributed by atoms with Gasteiger partial charge < -0.3 is 16.0 Å². The monoisotopic (exact) mass is 568 g/mol. The number of urea groups is 1. The Morgan fingerprint density at radius 2 is 1.74 bits per heavy atom. The van der Waals surface area contributed by atoms with E-state index in [1.54, 1.807) is 65.1 Å². The van der Waals surface area contributed by atoms with Gasteiger partial charge in [-0.15, -0.1) is 0 Å². The van der Waals surface area contributed by atoms with Crippen molar-refractivity contribution in [1.82, 2.24) is 24.3 Å². The van der Waals surface area contributed by atoms with E-state index in [1.165, 1.54) is 12.1 Å². The van der Waals surface area contributed by atoms with Crippen molar-refractivity contribution in [2.45, 2.75) is 46.2 Å². The predicted molar refractivity (Wildman–Crippen MR) is 164 cm³/mol. The SMILES string of the molecule is CNc1ncc2cc(-c3cccc(NC(=O)Nc4cn(C(C)(C)C)nc4-c4cccc(F)c4)c3)c(=O)n(C(C)C)c2n1. The van der Waals surface area contributed by atoms with E-state index in [4.69, 9.17) is 0 Å². The van der Waals surface area contributed by atoms with Gasteiger partial charge in [0, 0.05) is 47.7 Å². The summed E-state index contributed by atoms with van der Waals surface area (Å²) in [5.74, 6) is 0.0270. The molecule has 3 N–H and O–H groups in total. The van der Waals surface area contributed by atoms with Crippen LogP contribution in [0.2, 0.25) is 0 Å². The third kappa shape index (κ3) is 5.71. The van der Waals surface area contributed by atoms with Gasteiger partial charge in [0.05, 0.1) is 11.2 Å². The number of nitrogens with one attached hydrogen (secondary N) is 3. The van der Waals surface area contributed by atoms with Crippen molar-refractivity contribution in [3.63, 3.8) is 0 Å². The topological polar surface area (TPSA) is 119 Å². The largest absolute Gasteiger partial charge is 0.357 e. The summed E-state index contributed by atoms with van der Waals surface area (Å²) in [7, 11) is 1.72. The molecule has 0 fully saturated rings. The van der Waals surface area contributed by atoms with Crippen molar-refractivity contribution in [2.75, 3.05) is 23.0 Å². The molecule has 0 radical (unpaired) electrons. The Morgan fingerprint density at radius 1 is 1.00 bits per heavy atom. The molecule has 0 saturated heterocycles. The van der Waals surface area contributed by atoms with E-state index in [0.717, 1.165) is 0 Å². The average molecular weight is 569 g/mol. The Morgan fingerprint density at radius 3 is 2.43 bits per heavy atom. The lowest BCUT2D eigenvalue weighted by molar-refractivity contribution is 0.262. The summed E-state index contributed by atoms with van der Waals surface area (Å²) in [6, 6.07) is 14.2. The van der Waals surface area contributed by atoms with Crippen LogP contribution in [0.4, 0.5) is 26.5 Å². The number of hydrogen-bond donors (Lipinski definition) is 3. The zero-order valence-electron chi connectivity index (χ0n) is 24.4. The first-order valence-electron chi connectivity index (χ1n) is 13.6. The molecule has 0 saturated carbocycles. The van der Waals surface area contributed by atoms with Crippen LogP contribution in [-0.2, 0) is 5.54 Å². The van der Waals surface area contributed by atoms with E-state index in [0.29, 0.717) is 50.7 Å². The second-order valence-corrected chi connectivity index (χ2v) is 11.2. The smallest absolute Gasteiger partial charge is 0.323 e. The van der Waals surface area contributed by atoms with E-state index in [-0.39, 0.29) is 17.1 Å². The maximum atomic E-state index is 14.0. The molecule has 0 atom stereocenters. The Bertz CT molecular complexity index is 1850. The minimum atomic E-state index is -0.510. The number of carbonyl (C=O) groups excluding carboxylic acids is 1. The quantitative estimate of drug-likeness (QED) is 0.216. The first-order valence-corrected chi connectivity index (χ1v) is 13.6. The van der Waals surface area contributed by atoms with Crippen molar-refractivity contribution in [2.24, 2.45) is 0 Å². The van der Waals surface area contributed by atoms with Crippen molar-refractivity contribution < 1.29 is 9.18 Å². The van der Waals surface area contributed by atoms with Gasteiger partial charge in [-0.05, 0) is 70.5 Å². The highest BCUT2D eigenvalue weighted by molar-refractivity contribution is 6.02. The van der Waals surface area contributed by atoms with E-state index >= 15 is 0 Å². The van der Waals surface area contributed by atoms with E-state index < -0.39 is 11.8 Å². The van der Waals surface area contributed by atoms with Crippen molar-refractivity contribution in [1.29, 1.82) is 0 Å². The number of nitrogens with zero attached hydrogens (tertiary/aromatic N) is 5. The number of rotatable bonds is 6.